The van der Waals surface area contributed by atoms with Gasteiger partial charge in [0.1, 0.15) is 0 Å². The predicted octanol–water partition coefficient (Wildman–Crippen LogP) is 2.29. The van der Waals surface area contributed by atoms with E-state index >= 15 is 0 Å². The summed E-state index contributed by atoms with van der Waals surface area (Å²) >= 11 is 0. The van der Waals surface area contributed by atoms with Crippen LogP contribution >= 0.6 is 0 Å². The number of aliphatic hydroxyl groups is 1. The van der Waals surface area contributed by atoms with Crippen molar-refractivity contribution in [3.8, 4) is 0 Å². The third-order valence-corrected chi connectivity index (χ3v) is 3.02. The minimum atomic E-state index is 0.121. The van der Waals surface area contributed by atoms with Gasteiger partial charge < -0.3 is 9.67 Å². The molecule has 1 heterocycles. The summed E-state index contributed by atoms with van der Waals surface area (Å²) in [5.41, 5.74) is 4.69. The van der Waals surface area contributed by atoms with Gasteiger partial charge in [-0.15, -0.1) is 0 Å². The Morgan fingerprint density at radius 3 is 2.64 bits per heavy atom. The molecule has 0 saturated carbocycles. The summed E-state index contributed by atoms with van der Waals surface area (Å²) in [7, 11) is 2.07. The van der Waals surface area contributed by atoms with Gasteiger partial charge >= 0.3 is 0 Å². The number of nitrogens with zero attached hydrogens (tertiary/aromatic N) is 1. The number of aryl methyl sites for hydroxylation is 3. The minimum absolute atomic E-state index is 0.121. The Hall–Kier alpha value is -1.28. The van der Waals surface area contributed by atoms with E-state index in [0.717, 1.165) is 5.56 Å². The van der Waals surface area contributed by atoms with Crippen LogP contribution in [0.25, 0.3) is 10.9 Å². The molecule has 74 valence electrons. The number of benzene rings is 1. The lowest BCUT2D eigenvalue weighted by Gasteiger charge is -2.04. The molecule has 1 aromatic heterocycles. The SMILES string of the molecule is Cc1c(CO)ccc2c1cc(C)n2C. The summed E-state index contributed by atoms with van der Waals surface area (Å²) in [6.07, 6.45) is 0. The Kier molecular flexibility index (Phi) is 2.08. The van der Waals surface area contributed by atoms with E-state index in [-0.39, 0.29) is 6.61 Å². The molecule has 0 atom stereocenters. The third-order valence-electron chi connectivity index (χ3n) is 3.02. The molecule has 0 bridgehead atoms. The van der Waals surface area contributed by atoms with Crippen molar-refractivity contribution >= 4 is 10.9 Å². The first-order valence-corrected chi connectivity index (χ1v) is 4.80. The second-order valence-electron chi connectivity index (χ2n) is 3.79. The van der Waals surface area contributed by atoms with Crippen LogP contribution in [0, 0.1) is 13.8 Å². The summed E-state index contributed by atoms with van der Waals surface area (Å²) in [4.78, 5) is 0. The van der Waals surface area contributed by atoms with Crippen molar-refractivity contribution in [2.75, 3.05) is 0 Å². The van der Waals surface area contributed by atoms with Crippen LogP contribution in [0.1, 0.15) is 16.8 Å². The van der Waals surface area contributed by atoms with Crippen LogP contribution in [0.2, 0.25) is 0 Å². The lowest BCUT2D eigenvalue weighted by atomic mass is 10.1. The van der Waals surface area contributed by atoms with E-state index in [1.165, 1.54) is 22.2 Å². The predicted molar refractivity (Wildman–Crippen MR) is 58.3 cm³/mol. The topological polar surface area (TPSA) is 25.2 Å². The van der Waals surface area contributed by atoms with E-state index in [0.29, 0.717) is 0 Å². The summed E-state index contributed by atoms with van der Waals surface area (Å²) in [6, 6.07) is 6.24. The third kappa shape index (κ3) is 1.15. The van der Waals surface area contributed by atoms with Crippen LogP contribution in [0.4, 0.5) is 0 Å². The molecule has 0 amide bonds. The quantitative estimate of drug-likeness (QED) is 0.731. The van der Waals surface area contributed by atoms with Crippen LogP contribution in [-0.2, 0) is 13.7 Å². The van der Waals surface area contributed by atoms with Crippen LogP contribution in [-0.4, -0.2) is 9.67 Å². The zero-order valence-corrected chi connectivity index (χ0v) is 8.83. The second-order valence-corrected chi connectivity index (χ2v) is 3.79. The summed E-state index contributed by atoms with van der Waals surface area (Å²) in [5.74, 6) is 0. The lowest BCUT2D eigenvalue weighted by Crippen LogP contribution is -1.92. The summed E-state index contributed by atoms with van der Waals surface area (Å²) < 4.78 is 2.17. The fraction of sp³-hybridized carbons (Fsp3) is 0.333. The molecule has 0 saturated heterocycles. The average molecular weight is 189 g/mol. The van der Waals surface area contributed by atoms with Gasteiger partial charge in [0.05, 0.1) is 6.61 Å². The zero-order valence-electron chi connectivity index (χ0n) is 8.83. The number of hydrogen-bond acceptors (Lipinski definition) is 1. The van der Waals surface area contributed by atoms with Gasteiger partial charge in [-0.2, -0.15) is 0 Å². The minimum Gasteiger partial charge on any atom is -0.392 e. The molecule has 0 spiro atoms. The maximum absolute atomic E-state index is 9.15. The fourth-order valence-corrected chi connectivity index (χ4v) is 1.90. The molecule has 0 radical (unpaired) electrons. The van der Waals surface area contributed by atoms with Gasteiger partial charge in [-0.25, -0.2) is 0 Å². The monoisotopic (exact) mass is 189 g/mol. The van der Waals surface area contributed by atoms with E-state index in [1.807, 2.05) is 6.07 Å². The number of fused-ring (bicyclic) bond motifs is 1. The Morgan fingerprint density at radius 2 is 2.00 bits per heavy atom. The Morgan fingerprint density at radius 1 is 1.29 bits per heavy atom. The van der Waals surface area contributed by atoms with Crippen molar-refractivity contribution < 1.29 is 5.11 Å². The standard InChI is InChI=1S/C12H15NO/c1-8-6-11-9(2)10(7-14)4-5-12(11)13(8)3/h4-6,14H,7H2,1-3H3. The van der Waals surface area contributed by atoms with Crippen molar-refractivity contribution in [2.24, 2.45) is 7.05 Å². The maximum Gasteiger partial charge on any atom is 0.0684 e. The van der Waals surface area contributed by atoms with Crippen LogP contribution in [0.15, 0.2) is 18.2 Å². The Labute approximate surface area is 83.8 Å². The molecule has 0 unspecified atom stereocenters. The first kappa shape index (κ1) is 9.28. The first-order chi connectivity index (χ1) is 6.65. The van der Waals surface area contributed by atoms with Crippen molar-refractivity contribution in [1.82, 2.24) is 4.57 Å². The molecule has 14 heavy (non-hydrogen) atoms. The van der Waals surface area contributed by atoms with E-state index in [2.05, 4.69) is 37.6 Å². The number of aliphatic hydroxyl groups excluding tert-OH is 1. The van der Waals surface area contributed by atoms with Gasteiger partial charge in [-0.1, -0.05) is 6.07 Å². The molecule has 2 nitrogen and oxygen atoms in total. The summed E-state index contributed by atoms with van der Waals surface area (Å²) in [6.45, 7) is 4.28. The van der Waals surface area contributed by atoms with Gasteiger partial charge in [0.2, 0.25) is 0 Å². The van der Waals surface area contributed by atoms with Crippen LogP contribution < -0.4 is 0 Å². The number of rotatable bonds is 1. The van der Waals surface area contributed by atoms with Gasteiger partial charge in [-0.3, -0.25) is 0 Å². The van der Waals surface area contributed by atoms with E-state index in [4.69, 9.17) is 5.11 Å². The average Bonchev–Trinajstić information content (AvgIpc) is 2.46. The number of aromatic nitrogens is 1. The molecule has 0 fully saturated rings. The molecule has 0 aliphatic rings. The highest BCUT2D eigenvalue weighted by Crippen LogP contribution is 2.24. The van der Waals surface area contributed by atoms with E-state index in [1.54, 1.807) is 0 Å². The number of hydrogen-bond donors (Lipinski definition) is 1. The normalized spacial score (nSPS) is 11.1. The molecule has 2 heteroatoms. The molecule has 1 aromatic carbocycles. The van der Waals surface area contributed by atoms with Crippen molar-refractivity contribution in [3.63, 3.8) is 0 Å². The van der Waals surface area contributed by atoms with E-state index < -0.39 is 0 Å². The highest BCUT2D eigenvalue weighted by atomic mass is 16.3. The second kappa shape index (κ2) is 3.14. The molecule has 2 rings (SSSR count). The summed E-state index contributed by atoms with van der Waals surface area (Å²) in [5, 5.41) is 10.4. The van der Waals surface area contributed by atoms with E-state index in [9.17, 15) is 0 Å². The van der Waals surface area contributed by atoms with Crippen molar-refractivity contribution in [2.45, 2.75) is 20.5 Å². The van der Waals surface area contributed by atoms with Gasteiger partial charge in [-0.05, 0) is 37.1 Å². The highest BCUT2D eigenvalue weighted by Gasteiger charge is 2.07. The van der Waals surface area contributed by atoms with Crippen molar-refractivity contribution in [1.29, 1.82) is 0 Å². The molecular formula is C12H15NO. The van der Waals surface area contributed by atoms with Gasteiger partial charge in [0.25, 0.3) is 0 Å². The zero-order chi connectivity index (χ0) is 10.3. The van der Waals surface area contributed by atoms with Gasteiger partial charge in [0.15, 0.2) is 0 Å². The Bertz CT molecular complexity index is 483. The fourth-order valence-electron chi connectivity index (χ4n) is 1.90. The van der Waals surface area contributed by atoms with Gasteiger partial charge in [0, 0.05) is 23.6 Å². The maximum atomic E-state index is 9.15. The highest BCUT2D eigenvalue weighted by molar-refractivity contribution is 5.85. The Balaban J connectivity index is 2.83. The lowest BCUT2D eigenvalue weighted by molar-refractivity contribution is 0.281. The largest absolute Gasteiger partial charge is 0.392 e. The van der Waals surface area contributed by atoms with Crippen LogP contribution in [0.3, 0.4) is 0 Å². The molecular weight excluding hydrogens is 174 g/mol. The van der Waals surface area contributed by atoms with Crippen molar-refractivity contribution in [3.05, 3.63) is 35.0 Å². The molecule has 2 aromatic rings. The molecule has 0 aliphatic carbocycles. The smallest absolute Gasteiger partial charge is 0.0684 e. The molecule has 1 N–H and O–H groups in total. The first-order valence-electron chi connectivity index (χ1n) is 4.80. The van der Waals surface area contributed by atoms with Crippen LogP contribution in [0.5, 0.6) is 0 Å². The molecule has 0 aliphatic heterocycles.